The Morgan fingerprint density at radius 1 is 1.35 bits per heavy atom. The summed E-state index contributed by atoms with van der Waals surface area (Å²) in [6.45, 7) is 3.46. The number of hydrogen-bond acceptors (Lipinski definition) is 5. The second-order valence-electron chi connectivity index (χ2n) is 5.22. The van der Waals surface area contributed by atoms with Crippen LogP contribution in [-0.2, 0) is 0 Å². The Hall–Kier alpha value is -1.85. The molecule has 0 saturated heterocycles. The average Bonchev–Trinajstić information content (AvgIpc) is 2.92. The van der Waals surface area contributed by atoms with Gasteiger partial charge in [0.1, 0.15) is 5.82 Å². The van der Waals surface area contributed by atoms with Crippen LogP contribution in [0.25, 0.3) is 0 Å². The highest BCUT2D eigenvalue weighted by molar-refractivity contribution is 5.60. The fourth-order valence-electron chi connectivity index (χ4n) is 2.70. The molecule has 1 aromatic heterocycles. The number of nitrogens with zero attached hydrogens (tertiary/aromatic N) is 2. The van der Waals surface area contributed by atoms with E-state index in [1.54, 1.807) is 6.07 Å². The first-order valence-corrected chi connectivity index (χ1v) is 7.34. The van der Waals surface area contributed by atoms with E-state index < -0.39 is 0 Å². The molecule has 1 fully saturated rings. The Morgan fingerprint density at radius 2 is 2.10 bits per heavy atom. The summed E-state index contributed by atoms with van der Waals surface area (Å²) in [4.78, 5) is 14.9. The molecule has 20 heavy (non-hydrogen) atoms. The van der Waals surface area contributed by atoms with Crippen LogP contribution in [0.1, 0.15) is 39.0 Å². The lowest BCUT2D eigenvalue weighted by molar-refractivity contribution is -0.384. The Balaban J connectivity index is 1.98. The highest BCUT2D eigenvalue weighted by atomic mass is 16.6. The fourth-order valence-corrected chi connectivity index (χ4v) is 2.70. The molecular weight excluding hydrogens is 256 g/mol. The summed E-state index contributed by atoms with van der Waals surface area (Å²) in [7, 11) is 0. The Morgan fingerprint density at radius 3 is 2.75 bits per heavy atom. The minimum absolute atomic E-state index is 0.0399. The molecule has 0 radical (unpaired) electrons. The van der Waals surface area contributed by atoms with Crippen molar-refractivity contribution in [2.75, 3.05) is 23.7 Å². The number of hydrogen-bond donors (Lipinski definition) is 2. The molecular formula is C14H22N4O2. The first-order chi connectivity index (χ1) is 9.70. The molecule has 0 bridgehead atoms. The molecule has 6 nitrogen and oxygen atoms in total. The van der Waals surface area contributed by atoms with Gasteiger partial charge in [-0.15, -0.1) is 0 Å². The van der Waals surface area contributed by atoms with Crippen LogP contribution in [0.2, 0.25) is 0 Å². The van der Waals surface area contributed by atoms with Gasteiger partial charge in [-0.2, -0.15) is 0 Å². The zero-order valence-corrected chi connectivity index (χ0v) is 11.9. The van der Waals surface area contributed by atoms with Gasteiger partial charge in [0.2, 0.25) is 5.82 Å². The number of nitro groups is 1. The van der Waals surface area contributed by atoms with E-state index in [0.29, 0.717) is 11.6 Å². The van der Waals surface area contributed by atoms with Crippen molar-refractivity contribution in [2.24, 2.45) is 5.92 Å². The van der Waals surface area contributed by atoms with Gasteiger partial charge in [-0.3, -0.25) is 10.1 Å². The molecule has 0 aromatic carbocycles. The van der Waals surface area contributed by atoms with E-state index in [4.69, 9.17) is 0 Å². The second-order valence-corrected chi connectivity index (χ2v) is 5.22. The highest BCUT2D eigenvalue weighted by Crippen LogP contribution is 2.28. The quantitative estimate of drug-likeness (QED) is 0.590. The molecule has 0 unspecified atom stereocenters. The third-order valence-electron chi connectivity index (χ3n) is 3.75. The molecule has 0 spiro atoms. The molecule has 2 rings (SSSR count). The summed E-state index contributed by atoms with van der Waals surface area (Å²) >= 11 is 0. The molecule has 0 atom stereocenters. The molecule has 6 heteroatoms. The highest BCUT2D eigenvalue weighted by Gasteiger charge is 2.18. The fraction of sp³-hybridized carbons (Fsp3) is 0.643. The van der Waals surface area contributed by atoms with Crippen molar-refractivity contribution in [2.45, 2.75) is 39.0 Å². The van der Waals surface area contributed by atoms with Gasteiger partial charge in [-0.1, -0.05) is 25.7 Å². The third kappa shape index (κ3) is 3.82. The summed E-state index contributed by atoms with van der Waals surface area (Å²) in [6.07, 6.45) is 6.27. The van der Waals surface area contributed by atoms with Crippen molar-refractivity contribution in [1.29, 1.82) is 0 Å². The summed E-state index contributed by atoms with van der Waals surface area (Å²) in [5, 5.41) is 17.2. The number of nitrogens with one attached hydrogen (secondary N) is 2. The van der Waals surface area contributed by atoms with Crippen molar-refractivity contribution in [3.05, 3.63) is 22.2 Å². The monoisotopic (exact) mass is 278 g/mol. The van der Waals surface area contributed by atoms with Crippen LogP contribution in [0.3, 0.4) is 0 Å². The largest absolute Gasteiger partial charge is 0.370 e. The Kier molecular flexibility index (Phi) is 5.15. The third-order valence-corrected chi connectivity index (χ3v) is 3.75. The second kappa shape index (κ2) is 7.07. The van der Waals surface area contributed by atoms with Gasteiger partial charge in [-0.25, -0.2) is 4.98 Å². The molecule has 2 N–H and O–H groups in total. The maximum absolute atomic E-state index is 11.0. The lowest BCUT2D eigenvalue weighted by Crippen LogP contribution is -2.10. The van der Waals surface area contributed by atoms with Crippen LogP contribution >= 0.6 is 0 Å². The van der Waals surface area contributed by atoms with E-state index in [1.165, 1.54) is 31.7 Å². The zero-order chi connectivity index (χ0) is 14.4. The van der Waals surface area contributed by atoms with Crippen LogP contribution in [0.15, 0.2) is 12.1 Å². The number of rotatable bonds is 7. The van der Waals surface area contributed by atoms with Crippen LogP contribution in [-0.4, -0.2) is 23.0 Å². The number of aromatic nitrogens is 1. The van der Waals surface area contributed by atoms with Gasteiger partial charge in [0, 0.05) is 19.2 Å². The predicted molar refractivity (Wildman–Crippen MR) is 80.1 cm³/mol. The lowest BCUT2D eigenvalue weighted by Gasteiger charge is -2.11. The summed E-state index contributed by atoms with van der Waals surface area (Å²) in [6, 6.07) is 3.15. The molecule has 1 heterocycles. The van der Waals surface area contributed by atoms with Crippen molar-refractivity contribution < 1.29 is 4.92 Å². The van der Waals surface area contributed by atoms with Crippen molar-refractivity contribution in [1.82, 2.24) is 4.98 Å². The van der Waals surface area contributed by atoms with Crippen molar-refractivity contribution in [3.8, 4) is 0 Å². The van der Waals surface area contributed by atoms with Gasteiger partial charge < -0.3 is 10.6 Å². The summed E-state index contributed by atoms with van der Waals surface area (Å²) < 4.78 is 0. The van der Waals surface area contributed by atoms with E-state index in [1.807, 2.05) is 6.92 Å². The Labute approximate surface area is 119 Å². The molecule has 0 aliphatic heterocycles. The molecule has 110 valence electrons. The summed E-state index contributed by atoms with van der Waals surface area (Å²) in [5.41, 5.74) is 0.0399. The number of pyridine rings is 1. The van der Waals surface area contributed by atoms with E-state index >= 15 is 0 Å². The minimum atomic E-state index is -0.388. The predicted octanol–water partition coefficient (Wildman–Crippen LogP) is 3.41. The van der Waals surface area contributed by atoms with E-state index in [2.05, 4.69) is 15.6 Å². The normalized spacial score (nSPS) is 15.2. The van der Waals surface area contributed by atoms with Gasteiger partial charge >= 0.3 is 5.69 Å². The summed E-state index contributed by atoms with van der Waals surface area (Å²) in [5.74, 6) is 1.80. The molecule has 0 amide bonds. The SMILES string of the molecule is CCNc1ccc([N+](=O)[O-])c(NCCC2CCCC2)n1. The topological polar surface area (TPSA) is 80.1 Å². The van der Waals surface area contributed by atoms with E-state index in [0.717, 1.165) is 25.4 Å². The maximum Gasteiger partial charge on any atom is 0.311 e. The smallest absolute Gasteiger partial charge is 0.311 e. The van der Waals surface area contributed by atoms with Crippen LogP contribution in [0, 0.1) is 16.0 Å². The van der Waals surface area contributed by atoms with Crippen molar-refractivity contribution in [3.63, 3.8) is 0 Å². The first-order valence-electron chi connectivity index (χ1n) is 7.34. The van der Waals surface area contributed by atoms with Crippen molar-refractivity contribution >= 4 is 17.3 Å². The van der Waals surface area contributed by atoms with Gasteiger partial charge in [-0.05, 0) is 25.3 Å². The molecule has 1 aliphatic carbocycles. The van der Waals surface area contributed by atoms with E-state index in [-0.39, 0.29) is 10.6 Å². The maximum atomic E-state index is 11.0. The molecule has 1 aromatic rings. The standard InChI is InChI=1S/C14H22N4O2/c1-2-15-13-8-7-12(18(19)20)14(17-13)16-10-9-11-5-3-4-6-11/h7-8,11H,2-6,9-10H2,1H3,(H2,15,16,17). The number of anilines is 2. The van der Waals surface area contributed by atoms with Crippen LogP contribution < -0.4 is 10.6 Å². The Bertz CT molecular complexity index is 458. The first kappa shape index (κ1) is 14.6. The van der Waals surface area contributed by atoms with Gasteiger partial charge in [0.25, 0.3) is 0 Å². The zero-order valence-electron chi connectivity index (χ0n) is 11.9. The lowest BCUT2D eigenvalue weighted by atomic mass is 10.0. The van der Waals surface area contributed by atoms with E-state index in [9.17, 15) is 10.1 Å². The van der Waals surface area contributed by atoms with Gasteiger partial charge in [0.05, 0.1) is 4.92 Å². The van der Waals surface area contributed by atoms with Crippen LogP contribution in [0.4, 0.5) is 17.3 Å². The minimum Gasteiger partial charge on any atom is -0.370 e. The molecule has 1 aliphatic rings. The van der Waals surface area contributed by atoms with Crippen LogP contribution in [0.5, 0.6) is 0 Å². The van der Waals surface area contributed by atoms with Gasteiger partial charge in [0.15, 0.2) is 0 Å². The molecule has 1 saturated carbocycles. The average molecular weight is 278 g/mol.